The minimum Gasteiger partial charge on any atom is -0.414 e. The molecule has 0 amide bonds. The fraction of sp³-hybridized carbons (Fsp3) is 0.567. The van der Waals surface area contributed by atoms with Gasteiger partial charge in [0.2, 0.25) is 0 Å². The average Bonchev–Trinajstić information content (AvgIpc) is 2.77. The van der Waals surface area contributed by atoms with Gasteiger partial charge in [0.05, 0.1) is 12.7 Å². The number of carbonyl (C=O) groups excluding carboxylic acids is 1. The van der Waals surface area contributed by atoms with Crippen LogP contribution in [0.2, 0.25) is 46.3 Å². The molecule has 214 valence electrons. The van der Waals surface area contributed by atoms with Gasteiger partial charge in [0.1, 0.15) is 6.10 Å². The fourth-order valence-electron chi connectivity index (χ4n) is 3.02. The van der Waals surface area contributed by atoms with E-state index in [0.29, 0.717) is 23.1 Å². The first kappa shape index (κ1) is 35.0. The van der Waals surface area contributed by atoms with Gasteiger partial charge in [-0.05, 0) is 60.9 Å². The molecule has 0 unspecified atom stereocenters. The van der Waals surface area contributed by atoms with E-state index in [-0.39, 0.29) is 15.9 Å². The maximum Gasteiger partial charge on any atom is 0.193 e. The molecule has 0 aliphatic carbocycles. The Kier molecular flexibility index (Phi) is 13.0. The zero-order valence-electron chi connectivity index (χ0n) is 25.1. The summed E-state index contributed by atoms with van der Waals surface area (Å²) in [6.07, 6.45) is -0.530. The molecule has 0 fully saturated rings. The van der Waals surface area contributed by atoms with E-state index in [1.807, 2.05) is 42.5 Å². The lowest BCUT2D eigenvalue weighted by Crippen LogP contribution is -2.43. The van der Waals surface area contributed by atoms with Gasteiger partial charge >= 0.3 is 0 Å². The average molecular weight is 600 g/mol. The maximum atomic E-state index is 11.9. The molecule has 0 aliphatic rings. The van der Waals surface area contributed by atoms with Crippen LogP contribution in [0, 0.1) is 0 Å². The molecule has 2 rings (SSSR count). The molecule has 2 aromatic rings. The van der Waals surface area contributed by atoms with E-state index in [2.05, 4.69) is 67.7 Å². The van der Waals surface area contributed by atoms with Gasteiger partial charge in [-0.15, -0.1) is 0 Å². The summed E-state index contributed by atoms with van der Waals surface area (Å²) in [6.45, 7) is 23.6. The molecule has 1 N–H and O–H groups in total. The monoisotopic (exact) mass is 598 g/mol. The van der Waals surface area contributed by atoms with Gasteiger partial charge in [-0.1, -0.05) is 101 Å². The first-order valence-corrected chi connectivity index (χ1v) is 19.7. The van der Waals surface area contributed by atoms with Crippen molar-refractivity contribution in [2.75, 3.05) is 6.61 Å². The van der Waals surface area contributed by atoms with Crippen LogP contribution in [0.1, 0.15) is 65.7 Å². The Bertz CT molecular complexity index is 1040. The quantitative estimate of drug-likeness (QED) is 0.292. The molecule has 0 aromatic heterocycles. The van der Waals surface area contributed by atoms with Crippen molar-refractivity contribution in [2.45, 2.75) is 103 Å². The maximum absolute atomic E-state index is 11.9. The molecule has 2 aromatic carbocycles. The molecule has 2 atom stereocenters. The zero-order valence-corrected chi connectivity index (χ0v) is 28.6. The van der Waals surface area contributed by atoms with Crippen LogP contribution in [0.25, 0.3) is 0 Å². The summed E-state index contributed by atoms with van der Waals surface area (Å²) in [5.41, 5.74) is 1.73. The predicted molar refractivity (Wildman–Crippen MR) is 167 cm³/mol. The van der Waals surface area contributed by atoms with Crippen molar-refractivity contribution in [3.63, 3.8) is 0 Å². The molecule has 0 heterocycles. The number of halogens is 2. The SMILES string of the molecule is CC(=O)[C@@H](O[Si](C)(C)C(C)(C)C)c1ccccc1Cl.CC(C)(C)[Si](C)(C)OC[C@H](O)Cc1ccccc1Cl. The molecule has 0 aliphatic heterocycles. The molecule has 4 nitrogen and oxygen atoms in total. The Morgan fingerprint density at radius 3 is 1.76 bits per heavy atom. The highest BCUT2D eigenvalue weighted by Crippen LogP contribution is 2.41. The Morgan fingerprint density at radius 1 is 0.842 bits per heavy atom. The van der Waals surface area contributed by atoms with E-state index >= 15 is 0 Å². The van der Waals surface area contributed by atoms with E-state index in [0.717, 1.165) is 11.1 Å². The van der Waals surface area contributed by atoms with Crippen LogP contribution in [-0.4, -0.2) is 40.2 Å². The smallest absolute Gasteiger partial charge is 0.193 e. The van der Waals surface area contributed by atoms with Crippen molar-refractivity contribution in [2.24, 2.45) is 0 Å². The first-order chi connectivity index (χ1) is 17.2. The van der Waals surface area contributed by atoms with Gasteiger partial charge in [0, 0.05) is 22.0 Å². The Hall–Kier alpha value is -0.996. The highest BCUT2D eigenvalue weighted by molar-refractivity contribution is 6.74. The predicted octanol–water partition coefficient (Wildman–Crippen LogP) is 9.26. The summed E-state index contributed by atoms with van der Waals surface area (Å²) in [4.78, 5) is 11.9. The number of benzene rings is 2. The van der Waals surface area contributed by atoms with Crippen molar-refractivity contribution < 1.29 is 18.8 Å². The van der Waals surface area contributed by atoms with Gasteiger partial charge in [-0.3, -0.25) is 4.79 Å². The van der Waals surface area contributed by atoms with Crippen LogP contribution in [0.15, 0.2) is 48.5 Å². The van der Waals surface area contributed by atoms with Gasteiger partial charge in [-0.2, -0.15) is 0 Å². The highest BCUT2D eigenvalue weighted by atomic mass is 35.5. The zero-order chi connectivity index (χ0) is 29.5. The molecule has 0 radical (unpaired) electrons. The van der Waals surface area contributed by atoms with Gasteiger partial charge in [0.25, 0.3) is 0 Å². The van der Waals surface area contributed by atoms with Crippen molar-refractivity contribution in [3.05, 3.63) is 69.7 Å². The summed E-state index contributed by atoms with van der Waals surface area (Å²) in [5, 5.41) is 11.6. The van der Waals surface area contributed by atoms with E-state index < -0.39 is 28.8 Å². The van der Waals surface area contributed by atoms with Gasteiger partial charge < -0.3 is 14.0 Å². The summed E-state index contributed by atoms with van der Waals surface area (Å²) in [7, 11) is -3.81. The van der Waals surface area contributed by atoms with Crippen LogP contribution in [0.3, 0.4) is 0 Å². The molecular formula is C30H48Cl2O4Si2. The fourth-order valence-corrected chi connectivity index (χ4v) is 5.75. The van der Waals surface area contributed by atoms with Gasteiger partial charge in [-0.25, -0.2) is 0 Å². The van der Waals surface area contributed by atoms with Crippen LogP contribution in [-0.2, 0) is 20.1 Å². The minimum absolute atomic E-state index is 0.00192. The van der Waals surface area contributed by atoms with Crippen molar-refractivity contribution >= 4 is 45.6 Å². The van der Waals surface area contributed by atoms with Crippen molar-refractivity contribution in [1.82, 2.24) is 0 Å². The molecule has 38 heavy (non-hydrogen) atoms. The molecule has 0 bridgehead atoms. The normalized spacial score (nSPS) is 14.4. The largest absolute Gasteiger partial charge is 0.414 e. The summed E-state index contributed by atoms with van der Waals surface area (Å²) < 4.78 is 12.2. The molecule has 0 saturated heterocycles. The topological polar surface area (TPSA) is 55.8 Å². The van der Waals surface area contributed by atoms with E-state index in [1.165, 1.54) is 0 Å². The summed E-state index contributed by atoms with van der Waals surface area (Å²) in [5.74, 6) is -0.00192. The number of Topliss-reactive ketones (excluding diaryl/α,β-unsaturated/α-hetero) is 1. The second-order valence-electron chi connectivity index (χ2n) is 12.9. The lowest BCUT2D eigenvalue weighted by atomic mass is 10.1. The lowest BCUT2D eigenvalue weighted by molar-refractivity contribution is -0.124. The molecular weight excluding hydrogens is 551 g/mol. The number of aliphatic hydroxyl groups excluding tert-OH is 1. The highest BCUT2D eigenvalue weighted by Gasteiger charge is 2.41. The van der Waals surface area contributed by atoms with E-state index in [9.17, 15) is 9.90 Å². The van der Waals surface area contributed by atoms with Crippen molar-refractivity contribution in [3.8, 4) is 0 Å². The number of ketones is 1. The summed E-state index contributed by atoms with van der Waals surface area (Å²) >= 11 is 12.3. The van der Waals surface area contributed by atoms with Crippen LogP contribution < -0.4 is 0 Å². The first-order valence-electron chi connectivity index (χ1n) is 13.2. The summed E-state index contributed by atoms with van der Waals surface area (Å²) in [6, 6.07) is 15.0. The second kappa shape index (κ2) is 14.1. The standard InChI is InChI=1S/C15H23ClO2Si.C15H25ClO2Si/c1-11(17)14(12-9-7-8-10-13(12)16)18-19(5,6)15(2,3)4;1-15(2,3)19(4,5)18-11-13(17)10-12-8-6-7-9-14(12)16/h7-10,14H,1-6H3;6-9,13,17H,10-11H2,1-5H3/t14-;13-/m11/s1. The molecule has 0 spiro atoms. The third-order valence-electron chi connectivity index (χ3n) is 7.63. The number of carbonyl (C=O) groups is 1. The number of aliphatic hydroxyl groups is 1. The number of rotatable bonds is 9. The third-order valence-corrected chi connectivity index (χ3v) is 17.3. The van der Waals surface area contributed by atoms with Crippen LogP contribution in [0.5, 0.6) is 0 Å². The molecule has 0 saturated carbocycles. The minimum atomic E-state index is -2.02. The van der Waals surface area contributed by atoms with Crippen LogP contribution in [0.4, 0.5) is 0 Å². The number of hydrogen-bond donors (Lipinski definition) is 1. The van der Waals surface area contributed by atoms with E-state index in [1.54, 1.807) is 13.0 Å². The lowest BCUT2D eigenvalue weighted by Gasteiger charge is -2.38. The van der Waals surface area contributed by atoms with Crippen LogP contribution >= 0.6 is 23.2 Å². The Balaban J connectivity index is 0.000000380. The van der Waals surface area contributed by atoms with Crippen molar-refractivity contribution in [1.29, 1.82) is 0 Å². The Morgan fingerprint density at radius 2 is 1.32 bits per heavy atom. The Labute approximate surface area is 243 Å². The van der Waals surface area contributed by atoms with E-state index in [4.69, 9.17) is 32.1 Å². The molecule has 8 heteroatoms. The third kappa shape index (κ3) is 10.5. The second-order valence-corrected chi connectivity index (χ2v) is 23.3. The van der Waals surface area contributed by atoms with Gasteiger partial charge in [0.15, 0.2) is 22.4 Å². The number of hydrogen-bond acceptors (Lipinski definition) is 4.